The minimum Gasteiger partial charge on any atom is -0.368 e. The minimum absolute atomic E-state index is 0.182. The molecule has 0 aliphatic rings. The zero-order valence-electron chi connectivity index (χ0n) is 7.84. The highest BCUT2D eigenvalue weighted by Crippen LogP contribution is 2.06. The van der Waals surface area contributed by atoms with E-state index in [0.717, 1.165) is 25.7 Å². The summed E-state index contributed by atoms with van der Waals surface area (Å²) in [5.74, 6) is 0. The van der Waals surface area contributed by atoms with Gasteiger partial charge in [0, 0.05) is 0 Å². The molecule has 0 bridgehead atoms. The zero-order valence-corrected chi connectivity index (χ0v) is 7.84. The van der Waals surface area contributed by atoms with Crippen LogP contribution in [0.3, 0.4) is 0 Å². The second-order valence-electron chi connectivity index (χ2n) is 2.95. The summed E-state index contributed by atoms with van der Waals surface area (Å²) in [5, 5.41) is 9.26. The third-order valence-corrected chi connectivity index (χ3v) is 1.77. The Morgan fingerprint density at radius 2 is 2.00 bits per heavy atom. The van der Waals surface area contributed by atoms with Gasteiger partial charge in [-0.2, -0.15) is 0 Å². The third kappa shape index (κ3) is 6.32. The molecular weight excluding hydrogens is 140 g/mol. The van der Waals surface area contributed by atoms with Crippen molar-refractivity contribution < 1.29 is 9.84 Å². The zero-order chi connectivity index (χ0) is 8.69. The normalized spacial score (nSPS) is 16.4. The Morgan fingerprint density at radius 3 is 2.45 bits per heavy atom. The van der Waals surface area contributed by atoms with Crippen LogP contribution in [-0.2, 0) is 4.74 Å². The molecule has 2 atom stereocenters. The first-order valence-electron chi connectivity index (χ1n) is 4.54. The number of rotatable bonds is 6. The molecule has 0 aromatic heterocycles. The first kappa shape index (κ1) is 10.9. The molecule has 0 aliphatic carbocycles. The second-order valence-corrected chi connectivity index (χ2v) is 2.95. The van der Waals surface area contributed by atoms with E-state index in [1.54, 1.807) is 0 Å². The molecule has 68 valence electrons. The van der Waals surface area contributed by atoms with E-state index in [4.69, 9.17) is 4.74 Å². The molecule has 2 heteroatoms. The number of hydrogen-bond donors (Lipinski definition) is 1. The number of ether oxygens (including phenoxy) is 1. The van der Waals surface area contributed by atoms with Crippen LogP contribution in [0, 0.1) is 0 Å². The highest BCUT2D eigenvalue weighted by molar-refractivity contribution is 4.48. The van der Waals surface area contributed by atoms with Crippen molar-refractivity contribution in [3.63, 3.8) is 0 Å². The van der Waals surface area contributed by atoms with Crippen LogP contribution in [0.15, 0.2) is 0 Å². The molecular formula is C9H20O2. The van der Waals surface area contributed by atoms with Crippen LogP contribution in [0.1, 0.15) is 46.5 Å². The molecule has 0 aliphatic heterocycles. The van der Waals surface area contributed by atoms with E-state index in [0.29, 0.717) is 0 Å². The van der Waals surface area contributed by atoms with Crippen molar-refractivity contribution in [2.24, 2.45) is 0 Å². The third-order valence-electron chi connectivity index (χ3n) is 1.77. The van der Waals surface area contributed by atoms with Crippen LogP contribution in [0.25, 0.3) is 0 Å². The molecule has 2 nitrogen and oxygen atoms in total. The quantitative estimate of drug-likeness (QED) is 0.604. The molecule has 0 aromatic carbocycles. The van der Waals surface area contributed by atoms with Crippen LogP contribution in [0.5, 0.6) is 0 Å². The molecule has 0 rings (SSSR count). The van der Waals surface area contributed by atoms with Gasteiger partial charge in [-0.3, -0.25) is 0 Å². The van der Waals surface area contributed by atoms with Gasteiger partial charge in [0.25, 0.3) is 0 Å². The Kier molecular flexibility index (Phi) is 6.57. The van der Waals surface area contributed by atoms with E-state index < -0.39 is 6.29 Å². The fourth-order valence-corrected chi connectivity index (χ4v) is 0.811. The summed E-state index contributed by atoms with van der Waals surface area (Å²) in [6.45, 7) is 6.14. The van der Waals surface area contributed by atoms with Crippen LogP contribution in [0.2, 0.25) is 0 Å². The van der Waals surface area contributed by atoms with Gasteiger partial charge >= 0.3 is 0 Å². The van der Waals surface area contributed by atoms with Crippen molar-refractivity contribution in [2.45, 2.75) is 58.8 Å². The van der Waals surface area contributed by atoms with Crippen LogP contribution in [-0.4, -0.2) is 17.5 Å². The SMILES string of the molecule is CCCCC(O)OC(C)CC. The number of unbranched alkanes of at least 4 members (excludes halogenated alkanes) is 1. The van der Waals surface area contributed by atoms with E-state index in [1.807, 2.05) is 6.92 Å². The van der Waals surface area contributed by atoms with Gasteiger partial charge in [-0.05, 0) is 26.2 Å². The van der Waals surface area contributed by atoms with Crippen LogP contribution >= 0.6 is 0 Å². The van der Waals surface area contributed by atoms with Gasteiger partial charge in [-0.15, -0.1) is 0 Å². The highest BCUT2D eigenvalue weighted by Gasteiger charge is 2.06. The largest absolute Gasteiger partial charge is 0.368 e. The lowest BCUT2D eigenvalue weighted by molar-refractivity contribution is -0.134. The summed E-state index contributed by atoms with van der Waals surface area (Å²) in [6, 6.07) is 0. The molecule has 0 amide bonds. The maximum absolute atomic E-state index is 9.26. The average molecular weight is 160 g/mol. The monoisotopic (exact) mass is 160 g/mol. The van der Waals surface area contributed by atoms with E-state index in [-0.39, 0.29) is 6.10 Å². The van der Waals surface area contributed by atoms with Crippen LogP contribution in [0.4, 0.5) is 0 Å². The predicted octanol–water partition coefficient (Wildman–Crippen LogP) is 2.31. The van der Waals surface area contributed by atoms with Crippen molar-refractivity contribution in [1.82, 2.24) is 0 Å². The van der Waals surface area contributed by atoms with E-state index >= 15 is 0 Å². The van der Waals surface area contributed by atoms with Gasteiger partial charge in [0.1, 0.15) is 0 Å². The van der Waals surface area contributed by atoms with Crippen LogP contribution < -0.4 is 0 Å². The summed E-state index contributed by atoms with van der Waals surface area (Å²) >= 11 is 0. The topological polar surface area (TPSA) is 29.5 Å². The van der Waals surface area contributed by atoms with Gasteiger partial charge in [0.2, 0.25) is 0 Å². The smallest absolute Gasteiger partial charge is 0.154 e. The van der Waals surface area contributed by atoms with Crippen molar-refractivity contribution in [3.05, 3.63) is 0 Å². The first-order chi connectivity index (χ1) is 5.20. The van der Waals surface area contributed by atoms with Crippen molar-refractivity contribution in [1.29, 1.82) is 0 Å². The molecule has 0 saturated heterocycles. The fraction of sp³-hybridized carbons (Fsp3) is 1.00. The number of hydrogen-bond acceptors (Lipinski definition) is 2. The predicted molar refractivity (Wildman–Crippen MR) is 46.4 cm³/mol. The summed E-state index contributed by atoms with van der Waals surface area (Å²) in [4.78, 5) is 0. The van der Waals surface area contributed by atoms with Crippen molar-refractivity contribution >= 4 is 0 Å². The van der Waals surface area contributed by atoms with E-state index in [9.17, 15) is 5.11 Å². The molecule has 0 aromatic rings. The highest BCUT2D eigenvalue weighted by atomic mass is 16.6. The van der Waals surface area contributed by atoms with Gasteiger partial charge in [0.15, 0.2) is 6.29 Å². The summed E-state index contributed by atoms with van der Waals surface area (Å²) < 4.78 is 5.26. The second kappa shape index (κ2) is 6.62. The Morgan fingerprint density at radius 1 is 1.36 bits per heavy atom. The van der Waals surface area contributed by atoms with E-state index in [1.165, 1.54) is 0 Å². The van der Waals surface area contributed by atoms with Gasteiger partial charge in [-0.25, -0.2) is 0 Å². The standard InChI is InChI=1S/C9H20O2/c1-4-6-7-9(10)11-8(3)5-2/h8-10H,4-7H2,1-3H3. The molecule has 0 spiro atoms. The first-order valence-corrected chi connectivity index (χ1v) is 4.54. The van der Waals surface area contributed by atoms with Crippen molar-refractivity contribution in [2.75, 3.05) is 0 Å². The molecule has 1 N–H and O–H groups in total. The Balaban J connectivity index is 3.27. The Labute approximate surface area is 69.6 Å². The van der Waals surface area contributed by atoms with Gasteiger partial charge in [0.05, 0.1) is 6.10 Å². The summed E-state index contributed by atoms with van der Waals surface area (Å²) in [6.07, 6.45) is 3.51. The number of aliphatic hydroxyl groups excluding tert-OH is 1. The lowest BCUT2D eigenvalue weighted by Crippen LogP contribution is -2.18. The fourth-order valence-electron chi connectivity index (χ4n) is 0.811. The number of aliphatic hydroxyl groups is 1. The average Bonchev–Trinajstić information content (AvgIpc) is 2.00. The maximum atomic E-state index is 9.26. The maximum Gasteiger partial charge on any atom is 0.154 e. The van der Waals surface area contributed by atoms with Gasteiger partial charge in [-0.1, -0.05) is 20.3 Å². The Hall–Kier alpha value is -0.0800. The molecule has 0 saturated carbocycles. The molecule has 0 radical (unpaired) electrons. The molecule has 0 heterocycles. The van der Waals surface area contributed by atoms with E-state index in [2.05, 4.69) is 13.8 Å². The van der Waals surface area contributed by atoms with Gasteiger partial charge < -0.3 is 9.84 Å². The lowest BCUT2D eigenvalue weighted by Gasteiger charge is -2.16. The molecule has 2 unspecified atom stereocenters. The molecule has 0 fully saturated rings. The lowest BCUT2D eigenvalue weighted by atomic mass is 10.2. The van der Waals surface area contributed by atoms with Crippen molar-refractivity contribution in [3.8, 4) is 0 Å². The summed E-state index contributed by atoms with van der Waals surface area (Å²) in [5.41, 5.74) is 0. The Bertz CT molecular complexity index is 83.6. The minimum atomic E-state index is -0.551. The molecule has 11 heavy (non-hydrogen) atoms. The summed E-state index contributed by atoms with van der Waals surface area (Å²) in [7, 11) is 0.